The lowest BCUT2D eigenvalue weighted by Gasteiger charge is -2.22. The van der Waals surface area contributed by atoms with E-state index in [1.165, 1.54) is 41.5 Å². The molecular formula is C12H20N2S2. The van der Waals surface area contributed by atoms with Crippen molar-refractivity contribution < 1.29 is 0 Å². The predicted octanol–water partition coefficient (Wildman–Crippen LogP) is 3.08. The van der Waals surface area contributed by atoms with E-state index in [1.807, 2.05) is 0 Å². The zero-order valence-electron chi connectivity index (χ0n) is 9.87. The number of thiazole rings is 1. The Kier molecular flexibility index (Phi) is 5.13. The highest BCUT2D eigenvalue weighted by molar-refractivity contribution is 7.99. The molecule has 0 radical (unpaired) electrons. The summed E-state index contributed by atoms with van der Waals surface area (Å²) in [5, 5.41) is 7.12. The van der Waals surface area contributed by atoms with Crippen LogP contribution in [0.4, 0.5) is 0 Å². The van der Waals surface area contributed by atoms with Crippen LogP contribution in [0.25, 0.3) is 0 Å². The van der Waals surface area contributed by atoms with Crippen molar-refractivity contribution in [1.82, 2.24) is 10.3 Å². The molecule has 0 bridgehead atoms. The van der Waals surface area contributed by atoms with Gasteiger partial charge in [-0.25, -0.2) is 4.98 Å². The van der Waals surface area contributed by atoms with Gasteiger partial charge in [0, 0.05) is 18.0 Å². The highest BCUT2D eigenvalue weighted by atomic mass is 32.2. The molecule has 0 amide bonds. The molecule has 0 atom stereocenters. The third kappa shape index (κ3) is 3.75. The van der Waals surface area contributed by atoms with E-state index in [-0.39, 0.29) is 0 Å². The second-order valence-electron chi connectivity index (χ2n) is 4.25. The molecule has 2 nitrogen and oxygen atoms in total. The lowest BCUT2D eigenvalue weighted by atomic mass is 10.1. The Balaban J connectivity index is 1.75. The first kappa shape index (κ1) is 12.4. The second kappa shape index (κ2) is 6.62. The molecule has 0 spiro atoms. The van der Waals surface area contributed by atoms with Crippen molar-refractivity contribution >= 4 is 23.1 Å². The summed E-state index contributed by atoms with van der Waals surface area (Å²) in [6.07, 6.45) is 4.96. The van der Waals surface area contributed by atoms with Crippen molar-refractivity contribution in [3.8, 4) is 0 Å². The first-order chi connectivity index (χ1) is 7.88. The Labute approximate surface area is 106 Å². The third-order valence-electron chi connectivity index (χ3n) is 2.86. The van der Waals surface area contributed by atoms with Crippen molar-refractivity contribution in [3.05, 3.63) is 16.1 Å². The summed E-state index contributed by atoms with van der Waals surface area (Å²) in [7, 11) is 0. The Hall–Kier alpha value is -0.0600. The quantitative estimate of drug-likeness (QED) is 0.876. The Morgan fingerprint density at radius 1 is 1.44 bits per heavy atom. The number of hydrogen-bond acceptors (Lipinski definition) is 4. The maximum Gasteiger partial charge on any atom is 0.0928 e. The van der Waals surface area contributed by atoms with Crippen LogP contribution in [0.3, 0.4) is 0 Å². The number of aryl methyl sites for hydroxylation is 1. The SMILES string of the molecule is CCCc1nc(CNC2CCSCC2)cs1. The molecule has 4 heteroatoms. The van der Waals surface area contributed by atoms with Crippen molar-refractivity contribution in [2.24, 2.45) is 0 Å². The van der Waals surface area contributed by atoms with E-state index in [2.05, 4.69) is 34.4 Å². The minimum Gasteiger partial charge on any atom is -0.308 e. The van der Waals surface area contributed by atoms with Crippen LogP contribution >= 0.6 is 23.1 Å². The molecular weight excluding hydrogens is 236 g/mol. The van der Waals surface area contributed by atoms with Gasteiger partial charge in [0.25, 0.3) is 0 Å². The fraction of sp³-hybridized carbons (Fsp3) is 0.750. The van der Waals surface area contributed by atoms with Crippen LogP contribution in [0.15, 0.2) is 5.38 Å². The average molecular weight is 256 g/mol. The molecule has 2 rings (SSSR count). The molecule has 1 fully saturated rings. The van der Waals surface area contributed by atoms with Gasteiger partial charge in [-0.05, 0) is 37.2 Å². The third-order valence-corrected chi connectivity index (χ3v) is 4.86. The van der Waals surface area contributed by atoms with E-state index in [4.69, 9.17) is 0 Å². The van der Waals surface area contributed by atoms with E-state index in [9.17, 15) is 0 Å². The van der Waals surface area contributed by atoms with Crippen LogP contribution in [0, 0.1) is 0 Å². The van der Waals surface area contributed by atoms with Crippen LogP contribution in [0.2, 0.25) is 0 Å². The molecule has 1 aromatic rings. The van der Waals surface area contributed by atoms with Gasteiger partial charge in [-0.1, -0.05) is 6.92 Å². The molecule has 0 saturated carbocycles. The fourth-order valence-electron chi connectivity index (χ4n) is 1.91. The summed E-state index contributed by atoms with van der Waals surface area (Å²) < 4.78 is 0. The van der Waals surface area contributed by atoms with Crippen molar-refractivity contribution in [1.29, 1.82) is 0 Å². The molecule has 2 heterocycles. The first-order valence-corrected chi connectivity index (χ1v) is 8.16. The molecule has 16 heavy (non-hydrogen) atoms. The maximum absolute atomic E-state index is 4.64. The largest absolute Gasteiger partial charge is 0.308 e. The van der Waals surface area contributed by atoms with Gasteiger partial charge in [-0.15, -0.1) is 11.3 Å². The minimum atomic E-state index is 0.720. The molecule has 1 aliphatic rings. The smallest absolute Gasteiger partial charge is 0.0928 e. The average Bonchev–Trinajstić information content (AvgIpc) is 2.76. The number of nitrogens with one attached hydrogen (secondary N) is 1. The van der Waals surface area contributed by atoms with Crippen LogP contribution in [0.5, 0.6) is 0 Å². The molecule has 1 aromatic heterocycles. The predicted molar refractivity (Wildman–Crippen MR) is 73.3 cm³/mol. The van der Waals surface area contributed by atoms with Crippen molar-refractivity contribution in [2.75, 3.05) is 11.5 Å². The highest BCUT2D eigenvalue weighted by Crippen LogP contribution is 2.18. The number of nitrogens with zero attached hydrogens (tertiary/aromatic N) is 1. The van der Waals surface area contributed by atoms with E-state index in [0.29, 0.717) is 0 Å². The molecule has 1 aliphatic heterocycles. The summed E-state index contributed by atoms with van der Waals surface area (Å²) in [4.78, 5) is 4.64. The topological polar surface area (TPSA) is 24.9 Å². The molecule has 0 aliphatic carbocycles. The minimum absolute atomic E-state index is 0.720. The van der Waals surface area contributed by atoms with Gasteiger partial charge < -0.3 is 5.32 Å². The van der Waals surface area contributed by atoms with Gasteiger partial charge in [0.1, 0.15) is 0 Å². The summed E-state index contributed by atoms with van der Waals surface area (Å²) >= 11 is 3.88. The lowest BCUT2D eigenvalue weighted by Crippen LogP contribution is -2.32. The molecule has 1 N–H and O–H groups in total. The first-order valence-electron chi connectivity index (χ1n) is 6.13. The van der Waals surface area contributed by atoms with Gasteiger partial charge in [-0.2, -0.15) is 11.8 Å². The summed E-state index contributed by atoms with van der Waals surface area (Å²) in [5.74, 6) is 2.63. The van der Waals surface area contributed by atoms with Crippen LogP contribution in [0.1, 0.15) is 36.9 Å². The Morgan fingerprint density at radius 3 is 3.00 bits per heavy atom. The van der Waals surface area contributed by atoms with Crippen LogP contribution < -0.4 is 5.32 Å². The van der Waals surface area contributed by atoms with E-state index < -0.39 is 0 Å². The van der Waals surface area contributed by atoms with Crippen LogP contribution in [-0.2, 0) is 13.0 Å². The van der Waals surface area contributed by atoms with Gasteiger partial charge in [0.15, 0.2) is 0 Å². The second-order valence-corrected chi connectivity index (χ2v) is 6.42. The maximum atomic E-state index is 4.64. The molecule has 1 saturated heterocycles. The van der Waals surface area contributed by atoms with Gasteiger partial charge >= 0.3 is 0 Å². The fourth-order valence-corrected chi connectivity index (χ4v) is 3.92. The number of aromatic nitrogens is 1. The van der Waals surface area contributed by atoms with Gasteiger partial charge in [0.2, 0.25) is 0 Å². The zero-order chi connectivity index (χ0) is 11.2. The summed E-state index contributed by atoms with van der Waals surface area (Å²) in [6.45, 7) is 3.16. The van der Waals surface area contributed by atoms with Crippen molar-refractivity contribution in [3.63, 3.8) is 0 Å². The lowest BCUT2D eigenvalue weighted by molar-refractivity contribution is 0.479. The Morgan fingerprint density at radius 2 is 2.25 bits per heavy atom. The van der Waals surface area contributed by atoms with E-state index in [1.54, 1.807) is 11.3 Å². The normalized spacial score (nSPS) is 17.8. The van der Waals surface area contributed by atoms with Gasteiger partial charge in [-0.3, -0.25) is 0 Å². The molecule has 0 aromatic carbocycles. The number of rotatable bonds is 5. The monoisotopic (exact) mass is 256 g/mol. The Bertz CT molecular complexity index is 306. The van der Waals surface area contributed by atoms with E-state index >= 15 is 0 Å². The van der Waals surface area contributed by atoms with Gasteiger partial charge in [0.05, 0.1) is 10.7 Å². The summed E-state index contributed by atoms with van der Waals surface area (Å²) in [6, 6.07) is 0.720. The zero-order valence-corrected chi connectivity index (χ0v) is 11.5. The van der Waals surface area contributed by atoms with E-state index in [0.717, 1.165) is 19.0 Å². The number of hydrogen-bond donors (Lipinski definition) is 1. The molecule has 90 valence electrons. The highest BCUT2D eigenvalue weighted by Gasteiger charge is 2.13. The summed E-state index contributed by atoms with van der Waals surface area (Å²) in [5.41, 5.74) is 1.23. The number of thioether (sulfide) groups is 1. The standard InChI is InChI=1S/C12H20N2S2/c1-2-3-12-14-11(9-16-12)8-13-10-4-6-15-7-5-10/h9-10,13H,2-8H2,1H3. The van der Waals surface area contributed by atoms with Crippen molar-refractivity contribution in [2.45, 2.75) is 45.2 Å². The van der Waals surface area contributed by atoms with Crippen LogP contribution in [-0.4, -0.2) is 22.5 Å². The molecule has 0 unspecified atom stereocenters.